The molecule has 0 unspecified atom stereocenters. The number of para-hydroxylation sites is 2. The number of benzene rings is 1. The van der Waals surface area contributed by atoms with E-state index in [1.807, 2.05) is 20.8 Å². The van der Waals surface area contributed by atoms with Gasteiger partial charge in [0.15, 0.2) is 5.69 Å². The maximum atomic E-state index is 12.5. The van der Waals surface area contributed by atoms with E-state index in [-0.39, 0.29) is 11.1 Å². The number of rotatable bonds is 2. The first kappa shape index (κ1) is 15.9. The number of H-pyrrole nitrogens is 1. The lowest BCUT2D eigenvalue weighted by Crippen LogP contribution is -2.26. The van der Waals surface area contributed by atoms with Crippen LogP contribution in [0.5, 0.6) is 0 Å². The van der Waals surface area contributed by atoms with Gasteiger partial charge < -0.3 is 10.3 Å². The van der Waals surface area contributed by atoms with Gasteiger partial charge in [0.25, 0.3) is 11.5 Å². The number of carbonyl (C=O) groups is 1. The van der Waals surface area contributed by atoms with Gasteiger partial charge in [0.2, 0.25) is 0 Å². The normalized spacial score (nSPS) is 11.7. The maximum Gasteiger partial charge on any atom is 0.281 e. The van der Waals surface area contributed by atoms with Crippen molar-refractivity contribution in [3.63, 3.8) is 0 Å². The van der Waals surface area contributed by atoms with E-state index in [0.29, 0.717) is 16.9 Å². The Labute approximate surface area is 138 Å². The Hall–Kier alpha value is -2.96. The van der Waals surface area contributed by atoms with Crippen molar-refractivity contribution in [2.75, 3.05) is 5.32 Å². The highest BCUT2D eigenvalue weighted by Gasteiger charge is 2.21. The van der Waals surface area contributed by atoms with Crippen molar-refractivity contribution < 1.29 is 4.79 Å². The third-order valence-corrected chi connectivity index (χ3v) is 3.70. The summed E-state index contributed by atoms with van der Waals surface area (Å²) in [6.07, 6.45) is 0. The number of hydrogen-bond donors (Lipinski definition) is 2. The third-order valence-electron chi connectivity index (χ3n) is 3.70. The average molecular weight is 325 g/mol. The van der Waals surface area contributed by atoms with Crippen molar-refractivity contribution in [1.29, 1.82) is 0 Å². The van der Waals surface area contributed by atoms with Crippen molar-refractivity contribution in [3.05, 3.63) is 52.1 Å². The van der Waals surface area contributed by atoms with E-state index >= 15 is 0 Å². The fraction of sp³-hybridized carbons (Fsp3) is 0.294. The predicted octanol–water partition coefficient (Wildman–Crippen LogP) is 2.21. The molecule has 2 aromatic heterocycles. The van der Waals surface area contributed by atoms with E-state index in [2.05, 4.69) is 20.4 Å². The van der Waals surface area contributed by atoms with Gasteiger partial charge in [0, 0.05) is 18.5 Å². The number of amides is 1. The summed E-state index contributed by atoms with van der Waals surface area (Å²) in [7, 11) is 1.74. The summed E-state index contributed by atoms with van der Waals surface area (Å²) >= 11 is 0. The maximum absolute atomic E-state index is 12.5. The van der Waals surface area contributed by atoms with Crippen LogP contribution in [0.2, 0.25) is 0 Å². The van der Waals surface area contributed by atoms with Crippen molar-refractivity contribution in [1.82, 2.24) is 19.7 Å². The Bertz CT molecular complexity index is 979. The molecule has 2 heterocycles. The molecule has 0 aliphatic carbocycles. The van der Waals surface area contributed by atoms with Crippen molar-refractivity contribution >= 4 is 22.8 Å². The first-order valence-electron chi connectivity index (χ1n) is 7.60. The second-order valence-corrected chi connectivity index (χ2v) is 6.67. The van der Waals surface area contributed by atoms with Crippen molar-refractivity contribution in [2.45, 2.75) is 26.2 Å². The van der Waals surface area contributed by atoms with Gasteiger partial charge in [-0.3, -0.25) is 14.3 Å². The largest absolute Gasteiger partial charge is 0.319 e. The van der Waals surface area contributed by atoms with E-state index in [4.69, 9.17) is 0 Å². The standard InChI is InChI=1S/C17H19N5O2/c1-17(2,3)12-9-13(22(4)21-12)20-16(24)14-15(23)19-11-8-6-5-7-10(11)18-14/h5-9H,1-4H3,(H,19,23)(H,20,24). The van der Waals surface area contributed by atoms with Crippen LogP contribution >= 0.6 is 0 Å². The molecule has 3 rings (SSSR count). The molecule has 124 valence electrons. The first-order chi connectivity index (χ1) is 11.3. The molecule has 0 bridgehead atoms. The Balaban J connectivity index is 1.95. The molecule has 0 aliphatic rings. The summed E-state index contributed by atoms with van der Waals surface area (Å²) in [6.45, 7) is 6.11. The lowest BCUT2D eigenvalue weighted by Gasteiger charge is -2.13. The number of nitrogens with zero attached hydrogens (tertiary/aromatic N) is 3. The smallest absolute Gasteiger partial charge is 0.281 e. The summed E-state index contributed by atoms with van der Waals surface area (Å²) in [5.41, 5.74) is 1.16. The lowest BCUT2D eigenvalue weighted by molar-refractivity contribution is 0.102. The van der Waals surface area contributed by atoms with E-state index < -0.39 is 11.5 Å². The molecule has 0 saturated heterocycles. The monoisotopic (exact) mass is 325 g/mol. The number of hydrogen-bond acceptors (Lipinski definition) is 4. The van der Waals surface area contributed by atoms with E-state index in [0.717, 1.165) is 5.69 Å². The minimum absolute atomic E-state index is 0.139. The molecule has 2 N–H and O–H groups in total. The Morgan fingerprint density at radius 1 is 1.25 bits per heavy atom. The van der Waals surface area contributed by atoms with Crippen LogP contribution in [-0.4, -0.2) is 25.7 Å². The van der Waals surface area contributed by atoms with Gasteiger partial charge in [-0.2, -0.15) is 5.10 Å². The summed E-state index contributed by atoms with van der Waals surface area (Å²) in [4.78, 5) is 31.4. The summed E-state index contributed by atoms with van der Waals surface area (Å²) in [6, 6.07) is 8.87. The highest BCUT2D eigenvalue weighted by Crippen LogP contribution is 2.23. The minimum Gasteiger partial charge on any atom is -0.319 e. The molecule has 0 fully saturated rings. The number of aryl methyl sites for hydroxylation is 1. The molecule has 1 amide bonds. The molecule has 7 nitrogen and oxygen atoms in total. The second kappa shape index (κ2) is 5.59. The minimum atomic E-state index is -0.564. The summed E-state index contributed by atoms with van der Waals surface area (Å²) < 4.78 is 1.58. The van der Waals surface area contributed by atoms with Crippen molar-refractivity contribution in [2.24, 2.45) is 7.05 Å². The van der Waals surface area contributed by atoms with Crippen LogP contribution in [0.4, 0.5) is 5.82 Å². The zero-order chi connectivity index (χ0) is 17.5. The van der Waals surface area contributed by atoms with Crippen LogP contribution in [0.1, 0.15) is 37.0 Å². The molecule has 0 atom stereocenters. The SMILES string of the molecule is Cn1nc(C(C)(C)C)cc1NC(=O)c1nc2ccccc2[nH]c1=O. The van der Waals surface area contributed by atoms with E-state index in [1.165, 1.54) is 0 Å². The number of fused-ring (bicyclic) bond motifs is 1. The Kier molecular flexibility index (Phi) is 3.71. The zero-order valence-electron chi connectivity index (χ0n) is 14.0. The molecule has 1 aromatic carbocycles. The van der Waals surface area contributed by atoms with Gasteiger partial charge in [-0.15, -0.1) is 0 Å². The molecular weight excluding hydrogens is 306 g/mol. The number of anilines is 1. The van der Waals surface area contributed by atoms with Crippen LogP contribution < -0.4 is 10.9 Å². The fourth-order valence-electron chi connectivity index (χ4n) is 2.31. The number of nitrogens with one attached hydrogen (secondary N) is 2. The van der Waals surface area contributed by atoms with E-state index in [9.17, 15) is 9.59 Å². The van der Waals surface area contributed by atoms with Crippen LogP contribution in [0, 0.1) is 0 Å². The fourth-order valence-corrected chi connectivity index (χ4v) is 2.31. The first-order valence-corrected chi connectivity index (χ1v) is 7.60. The molecular formula is C17H19N5O2. The second-order valence-electron chi connectivity index (χ2n) is 6.67. The van der Waals surface area contributed by atoms with Crippen molar-refractivity contribution in [3.8, 4) is 0 Å². The summed E-state index contributed by atoms with van der Waals surface area (Å²) in [5, 5.41) is 7.10. The number of aromatic amines is 1. The highest BCUT2D eigenvalue weighted by atomic mass is 16.2. The van der Waals surface area contributed by atoms with Gasteiger partial charge in [0.1, 0.15) is 5.82 Å². The lowest BCUT2D eigenvalue weighted by atomic mass is 9.92. The topological polar surface area (TPSA) is 92.7 Å². The molecule has 0 spiro atoms. The van der Waals surface area contributed by atoms with Crippen LogP contribution in [0.3, 0.4) is 0 Å². The summed E-state index contributed by atoms with van der Waals surface area (Å²) in [5.74, 6) is -0.0512. The van der Waals surface area contributed by atoms with E-state index in [1.54, 1.807) is 42.1 Å². The molecule has 0 aliphatic heterocycles. The van der Waals surface area contributed by atoms with Gasteiger partial charge in [0.05, 0.1) is 16.7 Å². The molecule has 24 heavy (non-hydrogen) atoms. The van der Waals surface area contributed by atoms with Gasteiger partial charge >= 0.3 is 0 Å². The van der Waals surface area contributed by atoms with Crippen LogP contribution in [0.15, 0.2) is 35.1 Å². The Morgan fingerprint density at radius 2 is 1.96 bits per heavy atom. The Morgan fingerprint density at radius 3 is 2.62 bits per heavy atom. The van der Waals surface area contributed by atoms with Gasteiger partial charge in [-0.1, -0.05) is 32.9 Å². The van der Waals surface area contributed by atoms with Crippen LogP contribution in [-0.2, 0) is 12.5 Å². The number of carbonyl (C=O) groups excluding carboxylic acids is 1. The molecule has 3 aromatic rings. The third kappa shape index (κ3) is 2.92. The highest BCUT2D eigenvalue weighted by molar-refractivity contribution is 6.03. The quantitative estimate of drug-likeness (QED) is 0.755. The number of aromatic nitrogens is 4. The molecule has 0 radical (unpaired) electrons. The van der Waals surface area contributed by atoms with Gasteiger partial charge in [-0.05, 0) is 12.1 Å². The zero-order valence-corrected chi connectivity index (χ0v) is 14.0. The van der Waals surface area contributed by atoms with Gasteiger partial charge in [-0.25, -0.2) is 4.98 Å². The molecule has 7 heteroatoms. The molecule has 0 saturated carbocycles. The predicted molar refractivity (Wildman–Crippen MR) is 92.2 cm³/mol. The average Bonchev–Trinajstić information content (AvgIpc) is 2.87. The van der Waals surface area contributed by atoms with Crippen LogP contribution in [0.25, 0.3) is 11.0 Å².